The molecule has 144 valence electrons. The first-order valence-corrected chi connectivity index (χ1v) is 10.6. The maximum absolute atomic E-state index is 13.7. The van der Waals surface area contributed by atoms with Crippen LogP contribution in [0.5, 0.6) is 0 Å². The SMILES string of the molecule is Cc1ccccc1CS(=O)(=O)N1CCC[C@H](C(=O)Nc2ccccc2F)C1. The van der Waals surface area contributed by atoms with Gasteiger partial charge in [-0.25, -0.2) is 17.1 Å². The molecule has 0 aliphatic carbocycles. The molecule has 1 aliphatic rings. The van der Waals surface area contributed by atoms with E-state index in [1.807, 2.05) is 25.1 Å². The van der Waals surface area contributed by atoms with Crippen molar-refractivity contribution in [2.24, 2.45) is 5.92 Å². The molecule has 1 aliphatic heterocycles. The van der Waals surface area contributed by atoms with Gasteiger partial charge < -0.3 is 5.32 Å². The van der Waals surface area contributed by atoms with Crippen molar-refractivity contribution in [2.75, 3.05) is 18.4 Å². The average molecular weight is 390 g/mol. The summed E-state index contributed by atoms with van der Waals surface area (Å²) in [6, 6.07) is 13.3. The van der Waals surface area contributed by atoms with Gasteiger partial charge in [0, 0.05) is 13.1 Å². The lowest BCUT2D eigenvalue weighted by Crippen LogP contribution is -2.44. The molecule has 7 heteroatoms. The van der Waals surface area contributed by atoms with Crippen molar-refractivity contribution in [3.63, 3.8) is 0 Å². The highest BCUT2D eigenvalue weighted by atomic mass is 32.2. The van der Waals surface area contributed by atoms with Gasteiger partial charge in [0.15, 0.2) is 0 Å². The quantitative estimate of drug-likeness (QED) is 0.852. The van der Waals surface area contributed by atoms with Gasteiger partial charge in [0.1, 0.15) is 5.82 Å². The zero-order chi connectivity index (χ0) is 19.4. The molecule has 5 nitrogen and oxygen atoms in total. The van der Waals surface area contributed by atoms with Crippen LogP contribution in [0.4, 0.5) is 10.1 Å². The van der Waals surface area contributed by atoms with Crippen LogP contribution in [0, 0.1) is 18.7 Å². The summed E-state index contributed by atoms with van der Waals surface area (Å²) in [6.07, 6.45) is 1.18. The minimum absolute atomic E-state index is 0.0820. The lowest BCUT2D eigenvalue weighted by Gasteiger charge is -2.31. The van der Waals surface area contributed by atoms with Crippen LogP contribution in [0.2, 0.25) is 0 Å². The second-order valence-electron chi connectivity index (χ2n) is 6.85. The third kappa shape index (κ3) is 4.73. The van der Waals surface area contributed by atoms with Gasteiger partial charge in [0.05, 0.1) is 17.4 Å². The van der Waals surface area contributed by atoms with E-state index in [0.717, 1.165) is 11.1 Å². The van der Waals surface area contributed by atoms with Gasteiger partial charge in [-0.3, -0.25) is 4.79 Å². The zero-order valence-corrected chi connectivity index (χ0v) is 16.0. The van der Waals surface area contributed by atoms with Crippen molar-refractivity contribution < 1.29 is 17.6 Å². The van der Waals surface area contributed by atoms with Gasteiger partial charge in [0.25, 0.3) is 0 Å². The smallest absolute Gasteiger partial charge is 0.228 e. The van der Waals surface area contributed by atoms with Gasteiger partial charge in [-0.1, -0.05) is 36.4 Å². The van der Waals surface area contributed by atoms with E-state index in [1.165, 1.54) is 16.4 Å². The number of piperidine rings is 1. The largest absolute Gasteiger partial charge is 0.323 e. The van der Waals surface area contributed by atoms with Crippen LogP contribution in [0.15, 0.2) is 48.5 Å². The number of sulfonamides is 1. The van der Waals surface area contributed by atoms with Crippen molar-refractivity contribution in [1.82, 2.24) is 4.31 Å². The molecule has 0 spiro atoms. The van der Waals surface area contributed by atoms with E-state index >= 15 is 0 Å². The van der Waals surface area contributed by atoms with Crippen molar-refractivity contribution in [2.45, 2.75) is 25.5 Å². The van der Waals surface area contributed by atoms with Gasteiger partial charge >= 0.3 is 0 Å². The van der Waals surface area contributed by atoms with E-state index in [2.05, 4.69) is 5.32 Å². The van der Waals surface area contributed by atoms with Crippen LogP contribution < -0.4 is 5.32 Å². The first-order valence-electron chi connectivity index (χ1n) is 8.94. The summed E-state index contributed by atoms with van der Waals surface area (Å²) in [6.45, 7) is 2.40. The zero-order valence-electron chi connectivity index (χ0n) is 15.2. The third-order valence-corrected chi connectivity index (χ3v) is 6.67. The Morgan fingerprint density at radius 3 is 2.63 bits per heavy atom. The van der Waals surface area contributed by atoms with Gasteiger partial charge in [-0.05, 0) is 43.0 Å². The molecule has 2 aromatic carbocycles. The Hall–Kier alpha value is -2.25. The maximum Gasteiger partial charge on any atom is 0.228 e. The molecule has 1 fully saturated rings. The number of nitrogens with one attached hydrogen (secondary N) is 1. The second kappa shape index (κ2) is 8.19. The number of para-hydroxylation sites is 1. The number of rotatable bonds is 5. The van der Waals surface area contributed by atoms with E-state index in [0.29, 0.717) is 19.4 Å². The Bertz CT molecular complexity index is 930. The number of aryl methyl sites for hydroxylation is 1. The van der Waals surface area contributed by atoms with Crippen LogP contribution in [0.25, 0.3) is 0 Å². The maximum atomic E-state index is 13.7. The molecule has 0 saturated carbocycles. The lowest BCUT2D eigenvalue weighted by atomic mass is 9.98. The Morgan fingerprint density at radius 2 is 1.89 bits per heavy atom. The summed E-state index contributed by atoms with van der Waals surface area (Å²) in [5, 5.41) is 2.58. The Morgan fingerprint density at radius 1 is 1.19 bits per heavy atom. The summed E-state index contributed by atoms with van der Waals surface area (Å²) in [7, 11) is -3.53. The number of halogens is 1. The molecule has 0 radical (unpaired) electrons. The van der Waals surface area contributed by atoms with Gasteiger partial charge in [0.2, 0.25) is 15.9 Å². The van der Waals surface area contributed by atoms with Crippen LogP contribution in [-0.2, 0) is 20.6 Å². The van der Waals surface area contributed by atoms with Crippen LogP contribution in [-0.4, -0.2) is 31.7 Å². The normalized spacial score (nSPS) is 18.2. The number of nitrogens with zero attached hydrogens (tertiary/aromatic N) is 1. The average Bonchev–Trinajstić information content (AvgIpc) is 2.65. The number of anilines is 1. The molecule has 1 N–H and O–H groups in total. The minimum Gasteiger partial charge on any atom is -0.323 e. The van der Waals surface area contributed by atoms with E-state index < -0.39 is 21.8 Å². The fourth-order valence-electron chi connectivity index (χ4n) is 3.27. The third-order valence-electron chi connectivity index (χ3n) is 4.88. The van der Waals surface area contributed by atoms with E-state index in [4.69, 9.17) is 0 Å². The number of hydrogen-bond donors (Lipinski definition) is 1. The van der Waals surface area contributed by atoms with E-state index in [1.54, 1.807) is 18.2 Å². The molecular formula is C20H23FN2O3S. The highest BCUT2D eigenvalue weighted by molar-refractivity contribution is 7.88. The Balaban J connectivity index is 1.69. The Labute approximate surface area is 159 Å². The number of carbonyl (C=O) groups excluding carboxylic acids is 1. The molecule has 27 heavy (non-hydrogen) atoms. The molecule has 0 aromatic heterocycles. The highest BCUT2D eigenvalue weighted by Gasteiger charge is 2.32. The van der Waals surface area contributed by atoms with E-state index in [-0.39, 0.29) is 23.9 Å². The topological polar surface area (TPSA) is 66.5 Å². The first kappa shape index (κ1) is 19.5. The van der Waals surface area contributed by atoms with Crippen molar-refractivity contribution in [1.29, 1.82) is 0 Å². The second-order valence-corrected chi connectivity index (χ2v) is 8.82. The molecule has 0 unspecified atom stereocenters. The molecule has 1 atom stereocenters. The summed E-state index contributed by atoms with van der Waals surface area (Å²) in [4.78, 5) is 12.5. The van der Waals surface area contributed by atoms with Gasteiger partial charge in [-0.2, -0.15) is 0 Å². The fraction of sp³-hybridized carbons (Fsp3) is 0.350. The van der Waals surface area contributed by atoms with E-state index in [9.17, 15) is 17.6 Å². The summed E-state index contributed by atoms with van der Waals surface area (Å²) in [5.41, 5.74) is 1.80. The fourth-order valence-corrected chi connectivity index (χ4v) is 4.98. The molecule has 3 rings (SSSR count). The van der Waals surface area contributed by atoms with Gasteiger partial charge in [-0.15, -0.1) is 0 Å². The summed E-state index contributed by atoms with van der Waals surface area (Å²) < 4.78 is 40.8. The molecule has 1 amide bonds. The molecule has 1 heterocycles. The molecular weight excluding hydrogens is 367 g/mol. The van der Waals surface area contributed by atoms with Crippen molar-refractivity contribution >= 4 is 21.6 Å². The van der Waals surface area contributed by atoms with Crippen LogP contribution in [0.3, 0.4) is 0 Å². The standard InChI is InChI=1S/C20H23FN2O3S/c1-15-7-2-3-8-17(15)14-27(25,26)23-12-6-9-16(13-23)20(24)22-19-11-5-4-10-18(19)21/h2-5,7-8,10-11,16H,6,9,12-14H2,1H3,(H,22,24)/t16-/m0/s1. The number of benzene rings is 2. The van der Waals surface area contributed by atoms with Crippen molar-refractivity contribution in [3.8, 4) is 0 Å². The lowest BCUT2D eigenvalue weighted by molar-refractivity contribution is -0.120. The summed E-state index contributed by atoms with van der Waals surface area (Å²) >= 11 is 0. The number of amides is 1. The van der Waals surface area contributed by atoms with Crippen LogP contribution in [0.1, 0.15) is 24.0 Å². The first-order chi connectivity index (χ1) is 12.9. The van der Waals surface area contributed by atoms with Crippen molar-refractivity contribution in [3.05, 3.63) is 65.5 Å². The minimum atomic E-state index is -3.53. The predicted molar refractivity (Wildman–Crippen MR) is 103 cm³/mol. The molecule has 0 bridgehead atoms. The predicted octanol–water partition coefficient (Wildman–Crippen LogP) is 3.31. The molecule has 2 aromatic rings. The summed E-state index contributed by atoms with van der Waals surface area (Å²) in [5.74, 6) is -1.44. The van der Waals surface area contributed by atoms with Crippen LogP contribution >= 0.6 is 0 Å². The number of hydrogen-bond acceptors (Lipinski definition) is 3. The Kier molecular flexibility index (Phi) is 5.92. The number of carbonyl (C=O) groups is 1. The highest BCUT2D eigenvalue weighted by Crippen LogP contribution is 2.24. The monoisotopic (exact) mass is 390 g/mol. The molecule has 1 saturated heterocycles.